The van der Waals surface area contributed by atoms with Gasteiger partial charge in [-0.25, -0.2) is 4.98 Å². The van der Waals surface area contributed by atoms with Crippen molar-refractivity contribution in [2.45, 2.75) is 31.3 Å². The summed E-state index contributed by atoms with van der Waals surface area (Å²) in [5.74, 6) is 1.23. The van der Waals surface area contributed by atoms with E-state index in [9.17, 15) is 5.26 Å². The molecule has 0 saturated carbocycles. The Morgan fingerprint density at radius 1 is 1.08 bits per heavy atom. The summed E-state index contributed by atoms with van der Waals surface area (Å²) in [6.45, 7) is 3.11. The summed E-state index contributed by atoms with van der Waals surface area (Å²) < 4.78 is 2.27. The van der Waals surface area contributed by atoms with Crippen molar-refractivity contribution >= 4 is 22.6 Å². The summed E-state index contributed by atoms with van der Waals surface area (Å²) in [5.41, 5.74) is 3.78. The molecule has 0 atom stereocenters. The monoisotopic (exact) mass is 364 g/mol. The third kappa shape index (κ3) is 3.21. The summed E-state index contributed by atoms with van der Waals surface area (Å²) >= 11 is 6.18. The van der Waals surface area contributed by atoms with Gasteiger partial charge in [-0.2, -0.15) is 5.26 Å². The molecule has 1 aromatic heterocycles. The minimum atomic E-state index is 0.365. The maximum atomic E-state index is 9.35. The first-order valence-electron chi connectivity index (χ1n) is 9.02. The summed E-state index contributed by atoms with van der Waals surface area (Å²) in [7, 11) is 0. The fourth-order valence-electron chi connectivity index (χ4n) is 3.93. The van der Waals surface area contributed by atoms with E-state index in [2.05, 4.69) is 56.9 Å². The Kier molecular flexibility index (Phi) is 4.92. The molecule has 0 bridgehead atoms. The molecule has 4 nitrogen and oxygen atoms in total. The van der Waals surface area contributed by atoms with Crippen LogP contribution in [0.25, 0.3) is 11.0 Å². The Balaban J connectivity index is 1.55. The number of nitriles is 1. The minimum absolute atomic E-state index is 0.365. The van der Waals surface area contributed by atoms with Crippen LogP contribution >= 0.6 is 11.6 Å². The van der Waals surface area contributed by atoms with Crippen LogP contribution in [0, 0.1) is 11.3 Å². The summed E-state index contributed by atoms with van der Waals surface area (Å²) in [5, 5.41) is 9.35. The van der Waals surface area contributed by atoms with Crippen LogP contribution in [0.3, 0.4) is 0 Å². The Morgan fingerprint density at radius 3 is 2.54 bits per heavy atom. The van der Waals surface area contributed by atoms with Gasteiger partial charge in [0.2, 0.25) is 0 Å². The van der Waals surface area contributed by atoms with Gasteiger partial charge in [-0.05, 0) is 30.5 Å². The molecule has 5 heteroatoms. The lowest BCUT2D eigenvalue weighted by Gasteiger charge is -2.33. The summed E-state index contributed by atoms with van der Waals surface area (Å²) in [6, 6.07) is 19.1. The van der Waals surface area contributed by atoms with Crippen molar-refractivity contribution < 1.29 is 0 Å². The van der Waals surface area contributed by atoms with E-state index in [-0.39, 0.29) is 0 Å². The van der Waals surface area contributed by atoms with Gasteiger partial charge >= 0.3 is 0 Å². The second kappa shape index (κ2) is 7.49. The van der Waals surface area contributed by atoms with Gasteiger partial charge in [0.1, 0.15) is 17.4 Å². The maximum Gasteiger partial charge on any atom is 0.125 e. The van der Waals surface area contributed by atoms with E-state index >= 15 is 0 Å². The molecule has 26 heavy (non-hydrogen) atoms. The zero-order valence-corrected chi connectivity index (χ0v) is 15.4. The number of halogens is 1. The van der Waals surface area contributed by atoms with Crippen LogP contribution in [0.2, 0.25) is 0 Å². The van der Waals surface area contributed by atoms with Crippen molar-refractivity contribution in [2.75, 3.05) is 13.1 Å². The Labute approximate surface area is 158 Å². The Hall–Kier alpha value is -2.35. The first-order valence-corrected chi connectivity index (χ1v) is 9.56. The highest BCUT2D eigenvalue weighted by molar-refractivity contribution is 6.16. The zero-order valence-electron chi connectivity index (χ0n) is 14.6. The molecular formula is C21H21ClN4. The fraction of sp³-hybridized carbons (Fsp3) is 0.333. The van der Waals surface area contributed by atoms with Crippen LogP contribution in [-0.2, 0) is 12.4 Å². The molecule has 2 aromatic carbocycles. The van der Waals surface area contributed by atoms with E-state index in [1.165, 1.54) is 5.56 Å². The van der Waals surface area contributed by atoms with Gasteiger partial charge in [-0.3, -0.25) is 4.90 Å². The Morgan fingerprint density at radius 2 is 1.85 bits per heavy atom. The highest BCUT2D eigenvalue weighted by Crippen LogP contribution is 2.31. The number of hydrogen-bond donors (Lipinski definition) is 0. The zero-order chi connectivity index (χ0) is 17.9. The van der Waals surface area contributed by atoms with Gasteiger partial charge < -0.3 is 4.57 Å². The number of benzene rings is 2. The van der Waals surface area contributed by atoms with E-state index in [1.54, 1.807) is 0 Å². The van der Waals surface area contributed by atoms with Crippen molar-refractivity contribution in [3.05, 3.63) is 65.5 Å². The smallest absolute Gasteiger partial charge is 0.125 e. The number of alkyl halides is 1. The molecule has 0 spiro atoms. The predicted octanol–water partition coefficient (Wildman–Crippen LogP) is 4.48. The fourth-order valence-corrected chi connectivity index (χ4v) is 4.12. The van der Waals surface area contributed by atoms with Gasteiger partial charge in [-0.15, -0.1) is 11.6 Å². The molecule has 3 aromatic rings. The number of nitrogens with zero attached hydrogens (tertiary/aromatic N) is 4. The molecular weight excluding hydrogens is 344 g/mol. The molecule has 1 aliphatic rings. The number of piperidine rings is 1. The van der Waals surface area contributed by atoms with E-state index in [1.807, 2.05) is 12.1 Å². The molecule has 0 N–H and O–H groups in total. The average molecular weight is 365 g/mol. The predicted molar refractivity (Wildman–Crippen MR) is 104 cm³/mol. The SMILES string of the molecule is N#Cc1cccc2c1nc(CCl)n2C1CCN(Cc2ccccc2)CC1. The molecule has 0 radical (unpaired) electrons. The van der Waals surface area contributed by atoms with E-state index < -0.39 is 0 Å². The van der Waals surface area contributed by atoms with Gasteiger partial charge in [0.15, 0.2) is 0 Å². The van der Waals surface area contributed by atoms with E-state index in [0.717, 1.165) is 49.3 Å². The second-order valence-electron chi connectivity index (χ2n) is 6.81. The molecule has 4 rings (SSSR count). The number of rotatable bonds is 4. The quantitative estimate of drug-likeness (QED) is 0.641. The number of likely N-dealkylation sites (tertiary alicyclic amines) is 1. The highest BCUT2D eigenvalue weighted by atomic mass is 35.5. The minimum Gasteiger partial charge on any atom is -0.324 e. The molecule has 0 aliphatic carbocycles. The number of imidazole rings is 1. The molecule has 1 aliphatic heterocycles. The summed E-state index contributed by atoms with van der Waals surface area (Å²) in [4.78, 5) is 7.16. The van der Waals surface area contributed by atoms with Crippen molar-refractivity contribution in [1.82, 2.24) is 14.5 Å². The Bertz CT molecular complexity index is 934. The molecule has 0 amide bonds. The van der Waals surface area contributed by atoms with Crippen LogP contribution in [0.15, 0.2) is 48.5 Å². The van der Waals surface area contributed by atoms with Crippen LogP contribution in [-0.4, -0.2) is 27.5 Å². The lowest BCUT2D eigenvalue weighted by molar-refractivity contribution is 0.180. The number of aromatic nitrogens is 2. The van der Waals surface area contributed by atoms with Crippen molar-refractivity contribution in [1.29, 1.82) is 5.26 Å². The van der Waals surface area contributed by atoms with Crippen LogP contribution in [0.5, 0.6) is 0 Å². The third-order valence-electron chi connectivity index (χ3n) is 5.20. The molecule has 0 unspecified atom stereocenters. The van der Waals surface area contributed by atoms with Crippen molar-refractivity contribution in [2.24, 2.45) is 0 Å². The van der Waals surface area contributed by atoms with Crippen LogP contribution < -0.4 is 0 Å². The number of hydrogen-bond acceptors (Lipinski definition) is 3. The lowest BCUT2D eigenvalue weighted by Crippen LogP contribution is -2.34. The van der Waals surface area contributed by atoms with Crippen LogP contribution in [0.1, 0.15) is 35.8 Å². The topological polar surface area (TPSA) is 44.9 Å². The average Bonchev–Trinajstić information content (AvgIpc) is 3.08. The standard InChI is InChI=1S/C21H21ClN4/c22-13-20-24-21-17(14-23)7-4-8-19(21)26(20)18-9-11-25(12-10-18)15-16-5-2-1-3-6-16/h1-8,18H,9-13,15H2. The molecule has 2 heterocycles. The summed E-state index contributed by atoms with van der Waals surface area (Å²) in [6.07, 6.45) is 2.14. The molecule has 1 fully saturated rings. The van der Waals surface area contributed by atoms with Gasteiger partial charge in [0.05, 0.1) is 17.0 Å². The van der Waals surface area contributed by atoms with Crippen molar-refractivity contribution in [3.63, 3.8) is 0 Å². The van der Waals surface area contributed by atoms with Crippen molar-refractivity contribution in [3.8, 4) is 6.07 Å². The first-order chi connectivity index (χ1) is 12.8. The highest BCUT2D eigenvalue weighted by Gasteiger charge is 2.25. The van der Waals surface area contributed by atoms with Gasteiger partial charge in [0, 0.05) is 25.7 Å². The third-order valence-corrected chi connectivity index (χ3v) is 5.44. The van der Waals surface area contributed by atoms with Crippen LogP contribution in [0.4, 0.5) is 0 Å². The second-order valence-corrected chi connectivity index (χ2v) is 7.08. The molecule has 1 saturated heterocycles. The van der Waals surface area contributed by atoms with E-state index in [0.29, 0.717) is 17.5 Å². The van der Waals surface area contributed by atoms with Gasteiger partial charge in [0.25, 0.3) is 0 Å². The number of fused-ring (bicyclic) bond motifs is 1. The largest absolute Gasteiger partial charge is 0.324 e. The lowest BCUT2D eigenvalue weighted by atomic mass is 10.0. The van der Waals surface area contributed by atoms with E-state index in [4.69, 9.17) is 11.6 Å². The number of para-hydroxylation sites is 1. The first kappa shape index (κ1) is 17.1. The normalized spacial score (nSPS) is 16.0. The molecule has 132 valence electrons. The maximum absolute atomic E-state index is 9.35. The van der Waals surface area contributed by atoms with Gasteiger partial charge in [-0.1, -0.05) is 36.4 Å².